The van der Waals surface area contributed by atoms with Gasteiger partial charge in [0.1, 0.15) is 11.3 Å². The van der Waals surface area contributed by atoms with E-state index in [1.807, 2.05) is 0 Å². The van der Waals surface area contributed by atoms with Gasteiger partial charge in [0.25, 0.3) is 0 Å². The van der Waals surface area contributed by atoms with Crippen molar-refractivity contribution in [1.82, 2.24) is 0 Å². The van der Waals surface area contributed by atoms with Crippen molar-refractivity contribution < 1.29 is 9.07 Å². The van der Waals surface area contributed by atoms with E-state index < -0.39 is 0 Å². The standard InChI is InChI=1S/C29H35BO2/c1-7-8-9-10-11-14-22-18-21-16-17-23-24(27(21)31-22)19-20-13-12-15-25(26(20)23)30-32-29(5,6)28(2,3)4/h9-18,30H,7-8,19H2,1-6H3/b10-9-,14-11+. The smallest absolute Gasteiger partial charge is 0.309 e. The fraction of sp³-hybridized carbons (Fsp3) is 0.379. The highest BCUT2D eigenvalue weighted by atomic mass is 16.5. The summed E-state index contributed by atoms with van der Waals surface area (Å²) in [6.07, 6.45) is 11.6. The van der Waals surface area contributed by atoms with Gasteiger partial charge in [-0.05, 0) is 60.0 Å². The van der Waals surface area contributed by atoms with Crippen LogP contribution in [0.5, 0.6) is 0 Å². The fourth-order valence-electron chi connectivity index (χ4n) is 4.10. The molecule has 0 atom stereocenters. The number of rotatable bonds is 7. The van der Waals surface area contributed by atoms with E-state index in [0.29, 0.717) is 7.48 Å². The maximum atomic E-state index is 6.45. The lowest BCUT2D eigenvalue weighted by molar-refractivity contribution is 0.00506. The molecule has 0 saturated heterocycles. The molecule has 1 aliphatic rings. The Morgan fingerprint density at radius 1 is 1.06 bits per heavy atom. The van der Waals surface area contributed by atoms with E-state index in [1.54, 1.807) is 0 Å². The van der Waals surface area contributed by atoms with Gasteiger partial charge in [0.2, 0.25) is 0 Å². The number of fused-ring (bicyclic) bond motifs is 5. The Morgan fingerprint density at radius 2 is 1.88 bits per heavy atom. The molecule has 0 spiro atoms. The van der Waals surface area contributed by atoms with Crippen molar-refractivity contribution in [1.29, 1.82) is 0 Å². The Hall–Kier alpha value is -2.52. The fourth-order valence-corrected chi connectivity index (χ4v) is 4.10. The lowest BCUT2D eigenvalue weighted by atomic mass is 9.75. The quantitative estimate of drug-likeness (QED) is 0.230. The Kier molecular flexibility index (Phi) is 6.23. The first-order valence-corrected chi connectivity index (χ1v) is 11.8. The van der Waals surface area contributed by atoms with Crippen molar-refractivity contribution in [2.45, 2.75) is 66.4 Å². The summed E-state index contributed by atoms with van der Waals surface area (Å²) in [5, 5.41) is 1.17. The van der Waals surface area contributed by atoms with Gasteiger partial charge in [0, 0.05) is 17.4 Å². The lowest BCUT2D eigenvalue weighted by Gasteiger charge is -2.39. The summed E-state index contributed by atoms with van der Waals surface area (Å²) < 4.78 is 12.7. The van der Waals surface area contributed by atoms with E-state index in [4.69, 9.17) is 9.07 Å². The van der Waals surface area contributed by atoms with Crippen molar-refractivity contribution >= 4 is 30.0 Å². The number of allylic oxidation sites excluding steroid dienone is 3. The number of unbranched alkanes of at least 4 members (excludes halogenated alkanes) is 1. The second kappa shape index (κ2) is 8.79. The maximum Gasteiger partial charge on any atom is 0.309 e. The maximum absolute atomic E-state index is 6.45. The Balaban J connectivity index is 1.64. The average molecular weight is 426 g/mol. The molecule has 0 radical (unpaired) electrons. The van der Waals surface area contributed by atoms with Crippen LogP contribution in [-0.4, -0.2) is 13.1 Å². The molecule has 166 valence electrons. The molecule has 0 N–H and O–H groups in total. The molecule has 1 heterocycles. The highest BCUT2D eigenvalue weighted by molar-refractivity contribution is 6.50. The van der Waals surface area contributed by atoms with Gasteiger partial charge in [-0.3, -0.25) is 0 Å². The van der Waals surface area contributed by atoms with Gasteiger partial charge in [0.05, 0.1) is 5.60 Å². The van der Waals surface area contributed by atoms with Gasteiger partial charge in [-0.2, -0.15) is 0 Å². The highest BCUT2D eigenvalue weighted by Gasteiger charge is 2.34. The Labute approximate surface area is 193 Å². The third-order valence-corrected chi connectivity index (χ3v) is 7.04. The monoisotopic (exact) mass is 426 g/mol. The molecule has 2 aromatic carbocycles. The van der Waals surface area contributed by atoms with Crippen LogP contribution in [-0.2, 0) is 11.1 Å². The Bertz CT molecular complexity index is 1170. The number of furan rings is 1. The normalized spacial score (nSPS) is 13.9. The number of benzene rings is 2. The van der Waals surface area contributed by atoms with Crippen molar-refractivity contribution in [2.75, 3.05) is 0 Å². The number of hydrogen-bond acceptors (Lipinski definition) is 2. The summed E-state index contributed by atoms with van der Waals surface area (Å²) >= 11 is 0. The molecule has 2 nitrogen and oxygen atoms in total. The van der Waals surface area contributed by atoms with Gasteiger partial charge in [-0.1, -0.05) is 82.7 Å². The van der Waals surface area contributed by atoms with Gasteiger partial charge in [-0.25, -0.2) is 0 Å². The van der Waals surface area contributed by atoms with Crippen LogP contribution in [0, 0.1) is 5.41 Å². The van der Waals surface area contributed by atoms with Gasteiger partial charge >= 0.3 is 7.48 Å². The minimum atomic E-state index is -0.213. The van der Waals surface area contributed by atoms with E-state index >= 15 is 0 Å². The summed E-state index contributed by atoms with van der Waals surface area (Å²) in [6, 6.07) is 13.2. The van der Waals surface area contributed by atoms with Crippen LogP contribution in [0.4, 0.5) is 0 Å². The molecule has 0 fully saturated rings. The molecule has 1 aliphatic carbocycles. The van der Waals surface area contributed by atoms with Crippen LogP contribution in [0.2, 0.25) is 0 Å². The zero-order valence-corrected chi connectivity index (χ0v) is 20.4. The van der Waals surface area contributed by atoms with E-state index in [0.717, 1.165) is 24.2 Å². The van der Waals surface area contributed by atoms with Crippen LogP contribution in [0.25, 0.3) is 28.2 Å². The first kappa shape index (κ1) is 22.7. The molecule has 0 amide bonds. The van der Waals surface area contributed by atoms with E-state index in [-0.39, 0.29) is 11.0 Å². The Morgan fingerprint density at radius 3 is 2.62 bits per heavy atom. The molecule has 4 rings (SSSR count). The lowest BCUT2D eigenvalue weighted by Crippen LogP contribution is -2.42. The summed E-state index contributed by atoms with van der Waals surface area (Å²) in [4.78, 5) is 0. The molecule has 0 saturated carbocycles. The molecule has 3 aromatic rings. The van der Waals surface area contributed by atoms with Crippen molar-refractivity contribution in [3.63, 3.8) is 0 Å². The first-order chi connectivity index (χ1) is 15.2. The predicted molar refractivity (Wildman–Crippen MR) is 139 cm³/mol. The molecule has 3 heteroatoms. The van der Waals surface area contributed by atoms with Crippen LogP contribution < -0.4 is 5.46 Å². The second-order valence-corrected chi connectivity index (χ2v) is 10.4. The van der Waals surface area contributed by atoms with E-state index in [2.05, 4.69) is 102 Å². The van der Waals surface area contributed by atoms with Crippen LogP contribution in [0.3, 0.4) is 0 Å². The van der Waals surface area contributed by atoms with Gasteiger partial charge in [0.15, 0.2) is 0 Å². The average Bonchev–Trinajstić information content (AvgIpc) is 3.32. The van der Waals surface area contributed by atoms with Crippen LogP contribution in [0.1, 0.15) is 71.3 Å². The first-order valence-electron chi connectivity index (χ1n) is 11.8. The number of hydrogen-bond donors (Lipinski definition) is 0. The molecule has 0 aliphatic heterocycles. The van der Waals surface area contributed by atoms with Crippen LogP contribution >= 0.6 is 0 Å². The molecular formula is C29H35BO2. The molecule has 1 aromatic heterocycles. The largest absolute Gasteiger partial charge is 0.456 e. The molecule has 0 unspecified atom stereocenters. The topological polar surface area (TPSA) is 22.4 Å². The minimum Gasteiger partial charge on any atom is -0.456 e. The van der Waals surface area contributed by atoms with Crippen molar-refractivity contribution in [3.05, 3.63) is 71.5 Å². The van der Waals surface area contributed by atoms with E-state index in [9.17, 15) is 0 Å². The summed E-state index contributed by atoms with van der Waals surface area (Å²) in [5.41, 5.74) is 7.38. The summed E-state index contributed by atoms with van der Waals surface area (Å²) in [5.74, 6) is 0.904. The molecular weight excluding hydrogens is 391 g/mol. The predicted octanol–water partition coefficient (Wildman–Crippen LogP) is 7.19. The van der Waals surface area contributed by atoms with Crippen molar-refractivity contribution in [2.24, 2.45) is 5.41 Å². The van der Waals surface area contributed by atoms with Crippen molar-refractivity contribution in [3.8, 4) is 11.1 Å². The summed E-state index contributed by atoms with van der Waals surface area (Å²) in [7, 11) is 0.612. The minimum absolute atomic E-state index is 0.0683. The molecule has 0 bridgehead atoms. The zero-order chi connectivity index (χ0) is 22.9. The highest BCUT2D eigenvalue weighted by Crippen LogP contribution is 2.41. The van der Waals surface area contributed by atoms with Crippen LogP contribution in [0.15, 0.2) is 59.0 Å². The molecule has 32 heavy (non-hydrogen) atoms. The summed E-state index contributed by atoms with van der Waals surface area (Å²) in [6.45, 7) is 13.3. The SMILES string of the molecule is CCC/C=C\C=C\c1cc2ccc3c(c2o1)Cc1cccc(BOC(C)(C)C(C)(C)C)c1-3. The third kappa shape index (κ3) is 4.36. The second-order valence-electron chi connectivity index (χ2n) is 10.4. The third-order valence-electron chi connectivity index (χ3n) is 7.04. The van der Waals surface area contributed by atoms with Gasteiger partial charge in [-0.15, -0.1) is 0 Å². The van der Waals surface area contributed by atoms with Gasteiger partial charge < -0.3 is 9.07 Å². The zero-order valence-electron chi connectivity index (χ0n) is 20.4. The van der Waals surface area contributed by atoms with E-state index in [1.165, 1.54) is 39.5 Å².